The highest BCUT2D eigenvalue weighted by Gasteiger charge is 2.57. The summed E-state index contributed by atoms with van der Waals surface area (Å²) in [6, 6.07) is 10.1. The molecule has 3 heteroatoms. The molecule has 0 bridgehead atoms. The molecule has 1 aromatic carbocycles. The van der Waals surface area contributed by atoms with Crippen LogP contribution in [-0.4, -0.2) is 37.5 Å². The van der Waals surface area contributed by atoms with Gasteiger partial charge in [-0.2, -0.15) is 0 Å². The Kier molecular flexibility index (Phi) is 3.09. The molecule has 2 unspecified atom stereocenters. The van der Waals surface area contributed by atoms with E-state index >= 15 is 0 Å². The number of piperidine rings is 1. The van der Waals surface area contributed by atoms with E-state index in [4.69, 9.17) is 0 Å². The Labute approximate surface area is 115 Å². The number of carbonyl (C=O) groups excluding carboxylic acids is 1. The molecule has 1 aromatic rings. The number of amides is 1. The molecule has 2 aliphatic rings. The first-order chi connectivity index (χ1) is 9.11. The molecule has 2 atom stereocenters. The van der Waals surface area contributed by atoms with E-state index in [1.165, 1.54) is 19.4 Å². The molecule has 3 nitrogen and oxygen atoms in total. The Morgan fingerprint density at radius 2 is 2.16 bits per heavy atom. The van der Waals surface area contributed by atoms with Crippen LogP contribution in [0.1, 0.15) is 19.8 Å². The summed E-state index contributed by atoms with van der Waals surface area (Å²) < 4.78 is 0. The summed E-state index contributed by atoms with van der Waals surface area (Å²) in [5.41, 5.74) is 1.39. The molecule has 1 heterocycles. The molecule has 0 spiro atoms. The van der Waals surface area contributed by atoms with Crippen LogP contribution in [0.2, 0.25) is 0 Å². The van der Waals surface area contributed by atoms with Crippen LogP contribution in [0.3, 0.4) is 0 Å². The van der Waals surface area contributed by atoms with E-state index in [9.17, 15) is 4.79 Å². The number of nitrogens with zero attached hydrogens (tertiary/aromatic N) is 2. The van der Waals surface area contributed by atoms with Crippen molar-refractivity contribution in [2.45, 2.75) is 19.8 Å². The van der Waals surface area contributed by atoms with E-state index in [0.29, 0.717) is 5.41 Å². The fourth-order valence-corrected chi connectivity index (χ4v) is 3.58. The Bertz CT molecular complexity index is 473. The molecule has 0 N–H and O–H groups in total. The molecular weight excluding hydrogens is 236 g/mol. The van der Waals surface area contributed by atoms with E-state index < -0.39 is 0 Å². The number of hydrogen-bond donors (Lipinski definition) is 0. The van der Waals surface area contributed by atoms with Gasteiger partial charge >= 0.3 is 0 Å². The van der Waals surface area contributed by atoms with Gasteiger partial charge in [-0.3, -0.25) is 4.79 Å². The maximum Gasteiger partial charge on any atom is 0.223 e. The molecule has 1 aliphatic heterocycles. The van der Waals surface area contributed by atoms with Gasteiger partial charge in [0, 0.05) is 31.1 Å². The average molecular weight is 258 g/mol. The largest absolute Gasteiger partial charge is 0.312 e. The summed E-state index contributed by atoms with van der Waals surface area (Å²) in [7, 11) is 2.19. The van der Waals surface area contributed by atoms with Crippen LogP contribution in [-0.2, 0) is 4.79 Å². The Morgan fingerprint density at radius 3 is 2.84 bits per heavy atom. The van der Waals surface area contributed by atoms with Crippen LogP contribution in [0, 0.1) is 11.3 Å². The third-order valence-corrected chi connectivity index (χ3v) is 4.72. The second-order valence-electron chi connectivity index (χ2n) is 6.23. The van der Waals surface area contributed by atoms with Crippen molar-refractivity contribution in [3.8, 4) is 0 Å². The number of fused-ring (bicyclic) bond motifs is 1. The highest BCUT2D eigenvalue weighted by Crippen LogP contribution is 2.57. The number of anilines is 1. The number of rotatable bonds is 3. The molecule has 0 aromatic heterocycles. The smallest absolute Gasteiger partial charge is 0.223 e. The Morgan fingerprint density at radius 1 is 1.42 bits per heavy atom. The lowest BCUT2D eigenvalue weighted by Crippen LogP contribution is -2.43. The van der Waals surface area contributed by atoms with Gasteiger partial charge in [-0.15, -0.1) is 0 Å². The van der Waals surface area contributed by atoms with Gasteiger partial charge in [0.15, 0.2) is 0 Å². The van der Waals surface area contributed by atoms with Gasteiger partial charge < -0.3 is 9.80 Å². The molecule has 102 valence electrons. The van der Waals surface area contributed by atoms with Gasteiger partial charge in [0.1, 0.15) is 0 Å². The topological polar surface area (TPSA) is 23.6 Å². The van der Waals surface area contributed by atoms with Crippen LogP contribution in [0.4, 0.5) is 5.69 Å². The molecule has 0 radical (unpaired) electrons. The van der Waals surface area contributed by atoms with Crippen LogP contribution in [0.5, 0.6) is 0 Å². The number of benzene rings is 1. The predicted molar refractivity (Wildman–Crippen MR) is 77.1 cm³/mol. The first-order valence-electron chi connectivity index (χ1n) is 7.12. The van der Waals surface area contributed by atoms with Gasteiger partial charge in [0.25, 0.3) is 0 Å². The molecule has 1 saturated carbocycles. The summed E-state index contributed by atoms with van der Waals surface area (Å²) in [5.74, 6) is 0.980. The van der Waals surface area contributed by atoms with E-state index in [-0.39, 0.29) is 5.91 Å². The zero-order chi connectivity index (χ0) is 13.5. The summed E-state index contributed by atoms with van der Waals surface area (Å²) in [6.07, 6.45) is 2.57. The maximum atomic E-state index is 12.0. The van der Waals surface area contributed by atoms with Gasteiger partial charge in [-0.05, 0) is 44.5 Å². The van der Waals surface area contributed by atoms with Gasteiger partial charge in [0.2, 0.25) is 5.91 Å². The summed E-state index contributed by atoms with van der Waals surface area (Å²) in [4.78, 5) is 16.3. The van der Waals surface area contributed by atoms with E-state index in [2.05, 4.69) is 11.9 Å². The standard InChI is InChI=1S/C16H22N2O/c1-13(19)18(15-6-4-3-5-7-15)12-16-10-14(16)8-9-17(2)11-16/h3-7,14H,8-12H2,1-2H3. The maximum absolute atomic E-state index is 12.0. The summed E-state index contributed by atoms with van der Waals surface area (Å²) in [5, 5.41) is 0. The highest BCUT2D eigenvalue weighted by atomic mass is 16.2. The predicted octanol–water partition coefficient (Wildman–Crippen LogP) is 2.38. The first-order valence-corrected chi connectivity index (χ1v) is 7.12. The summed E-state index contributed by atoms with van der Waals surface area (Å²) in [6.45, 7) is 4.89. The Balaban J connectivity index is 1.78. The zero-order valence-electron chi connectivity index (χ0n) is 11.8. The lowest BCUT2D eigenvalue weighted by atomic mass is 9.96. The van der Waals surface area contributed by atoms with Crippen molar-refractivity contribution in [3.63, 3.8) is 0 Å². The zero-order valence-corrected chi connectivity index (χ0v) is 11.8. The van der Waals surface area contributed by atoms with Crippen molar-refractivity contribution < 1.29 is 4.79 Å². The number of carbonyl (C=O) groups is 1. The SMILES string of the molecule is CC(=O)N(CC12CC1CCN(C)C2)c1ccccc1. The Hall–Kier alpha value is -1.35. The quantitative estimate of drug-likeness (QED) is 0.831. The molecule has 1 amide bonds. The van der Waals surface area contributed by atoms with E-state index in [1.807, 2.05) is 35.2 Å². The third kappa shape index (κ3) is 2.39. The van der Waals surface area contributed by atoms with Crippen LogP contribution >= 0.6 is 0 Å². The van der Waals surface area contributed by atoms with Crippen LogP contribution < -0.4 is 4.90 Å². The molecule has 3 rings (SSSR count). The first kappa shape index (κ1) is 12.7. The van der Waals surface area contributed by atoms with E-state index in [0.717, 1.165) is 24.7 Å². The fourth-order valence-electron chi connectivity index (χ4n) is 3.58. The summed E-state index contributed by atoms with van der Waals surface area (Å²) >= 11 is 0. The van der Waals surface area contributed by atoms with Crippen LogP contribution in [0.15, 0.2) is 30.3 Å². The molecule has 1 saturated heterocycles. The van der Waals surface area contributed by atoms with Gasteiger partial charge in [-0.1, -0.05) is 18.2 Å². The third-order valence-electron chi connectivity index (χ3n) is 4.72. The van der Waals surface area contributed by atoms with Gasteiger partial charge in [0.05, 0.1) is 0 Å². The minimum atomic E-state index is 0.152. The average Bonchev–Trinajstić information content (AvgIpc) is 3.10. The minimum absolute atomic E-state index is 0.152. The van der Waals surface area contributed by atoms with Gasteiger partial charge in [-0.25, -0.2) is 0 Å². The molecule has 19 heavy (non-hydrogen) atoms. The normalized spacial score (nSPS) is 29.7. The molecule has 1 aliphatic carbocycles. The van der Waals surface area contributed by atoms with Crippen molar-refractivity contribution in [1.82, 2.24) is 4.90 Å². The van der Waals surface area contributed by atoms with Crippen molar-refractivity contribution >= 4 is 11.6 Å². The number of para-hydroxylation sites is 1. The number of likely N-dealkylation sites (tertiary alicyclic amines) is 1. The van der Waals surface area contributed by atoms with Crippen molar-refractivity contribution in [3.05, 3.63) is 30.3 Å². The second-order valence-corrected chi connectivity index (χ2v) is 6.23. The van der Waals surface area contributed by atoms with Crippen molar-refractivity contribution in [2.75, 3.05) is 31.6 Å². The monoisotopic (exact) mass is 258 g/mol. The minimum Gasteiger partial charge on any atom is -0.312 e. The fraction of sp³-hybridized carbons (Fsp3) is 0.562. The van der Waals surface area contributed by atoms with Crippen molar-refractivity contribution in [1.29, 1.82) is 0 Å². The van der Waals surface area contributed by atoms with Crippen LogP contribution in [0.25, 0.3) is 0 Å². The lowest BCUT2D eigenvalue weighted by Gasteiger charge is -2.34. The molecular formula is C16H22N2O. The second kappa shape index (κ2) is 4.64. The number of hydrogen-bond acceptors (Lipinski definition) is 2. The molecule has 2 fully saturated rings. The van der Waals surface area contributed by atoms with Crippen molar-refractivity contribution in [2.24, 2.45) is 11.3 Å². The lowest BCUT2D eigenvalue weighted by molar-refractivity contribution is -0.116. The van der Waals surface area contributed by atoms with E-state index in [1.54, 1.807) is 6.92 Å². The highest BCUT2D eigenvalue weighted by molar-refractivity contribution is 5.91.